The molecule has 1 aliphatic rings. The summed E-state index contributed by atoms with van der Waals surface area (Å²) in [6.45, 7) is 7.35. The van der Waals surface area contributed by atoms with E-state index >= 15 is 0 Å². The topological polar surface area (TPSA) is 24.5 Å². The van der Waals surface area contributed by atoms with Crippen LogP contribution in [-0.2, 0) is 4.74 Å². The van der Waals surface area contributed by atoms with Crippen molar-refractivity contribution in [3.05, 3.63) is 0 Å². The number of thiol groups is 1. The molecule has 3 nitrogen and oxygen atoms in total. The van der Waals surface area contributed by atoms with E-state index < -0.39 is 0 Å². The number of rotatable bonds is 6. The van der Waals surface area contributed by atoms with Gasteiger partial charge in [0.25, 0.3) is 0 Å². The maximum absolute atomic E-state index is 5.28. The summed E-state index contributed by atoms with van der Waals surface area (Å²) in [6.07, 6.45) is 1.23. The Morgan fingerprint density at radius 3 is 2.69 bits per heavy atom. The molecule has 78 valence electrons. The minimum absolute atomic E-state index is 0.907. The van der Waals surface area contributed by atoms with E-state index in [-0.39, 0.29) is 0 Å². The SMILES string of the molecule is SCCNCCCN1CCOCC1. The molecule has 0 spiro atoms. The first kappa shape index (κ1) is 11.3. The first-order valence-corrected chi connectivity index (χ1v) is 5.68. The monoisotopic (exact) mass is 204 g/mol. The summed E-state index contributed by atoms with van der Waals surface area (Å²) >= 11 is 4.13. The molecule has 0 aromatic carbocycles. The van der Waals surface area contributed by atoms with E-state index in [1.165, 1.54) is 13.0 Å². The van der Waals surface area contributed by atoms with E-state index in [2.05, 4.69) is 22.8 Å². The summed E-state index contributed by atoms with van der Waals surface area (Å²) in [4.78, 5) is 2.46. The van der Waals surface area contributed by atoms with Gasteiger partial charge in [-0.1, -0.05) is 0 Å². The highest BCUT2D eigenvalue weighted by molar-refractivity contribution is 7.80. The van der Waals surface area contributed by atoms with Gasteiger partial charge in [-0.2, -0.15) is 12.6 Å². The van der Waals surface area contributed by atoms with Crippen molar-refractivity contribution in [3.8, 4) is 0 Å². The lowest BCUT2D eigenvalue weighted by Crippen LogP contribution is -2.37. The highest BCUT2D eigenvalue weighted by Crippen LogP contribution is 1.96. The van der Waals surface area contributed by atoms with E-state index in [1.54, 1.807) is 0 Å². The number of hydrogen-bond donors (Lipinski definition) is 2. The molecule has 1 N–H and O–H groups in total. The fourth-order valence-corrected chi connectivity index (χ4v) is 1.61. The second kappa shape index (κ2) is 7.62. The third-order valence-electron chi connectivity index (χ3n) is 2.22. The van der Waals surface area contributed by atoms with Crippen molar-refractivity contribution in [2.24, 2.45) is 0 Å². The predicted octanol–water partition coefficient (Wildman–Crippen LogP) is 0.228. The molecule has 4 heteroatoms. The largest absolute Gasteiger partial charge is 0.379 e. The number of morpholine rings is 1. The van der Waals surface area contributed by atoms with Gasteiger partial charge in [0, 0.05) is 25.4 Å². The number of nitrogens with one attached hydrogen (secondary N) is 1. The van der Waals surface area contributed by atoms with Crippen molar-refractivity contribution in [2.45, 2.75) is 6.42 Å². The van der Waals surface area contributed by atoms with Crippen molar-refractivity contribution in [2.75, 3.05) is 51.7 Å². The zero-order valence-corrected chi connectivity index (χ0v) is 9.06. The molecule has 0 aromatic rings. The van der Waals surface area contributed by atoms with Gasteiger partial charge in [-0.3, -0.25) is 4.90 Å². The van der Waals surface area contributed by atoms with Gasteiger partial charge >= 0.3 is 0 Å². The molecule has 0 amide bonds. The van der Waals surface area contributed by atoms with Crippen molar-refractivity contribution in [1.29, 1.82) is 0 Å². The fourth-order valence-electron chi connectivity index (χ4n) is 1.46. The molecular weight excluding hydrogens is 184 g/mol. The van der Waals surface area contributed by atoms with Crippen molar-refractivity contribution >= 4 is 12.6 Å². The Morgan fingerprint density at radius 1 is 1.23 bits per heavy atom. The molecule has 0 unspecified atom stereocenters. The minimum atomic E-state index is 0.907. The van der Waals surface area contributed by atoms with Crippen LogP contribution >= 0.6 is 12.6 Å². The highest BCUT2D eigenvalue weighted by Gasteiger charge is 2.08. The van der Waals surface area contributed by atoms with Crippen LogP contribution in [0.3, 0.4) is 0 Å². The third-order valence-corrected chi connectivity index (χ3v) is 2.44. The van der Waals surface area contributed by atoms with Gasteiger partial charge in [-0.05, 0) is 19.5 Å². The number of ether oxygens (including phenoxy) is 1. The number of nitrogens with zero attached hydrogens (tertiary/aromatic N) is 1. The van der Waals surface area contributed by atoms with E-state index in [9.17, 15) is 0 Å². The number of hydrogen-bond acceptors (Lipinski definition) is 4. The molecule has 0 saturated carbocycles. The van der Waals surface area contributed by atoms with Crippen molar-refractivity contribution in [3.63, 3.8) is 0 Å². The summed E-state index contributed by atoms with van der Waals surface area (Å²) < 4.78 is 5.28. The maximum Gasteiger partial charge on any atom is 0.0594 e. The quantitative estimate of drug-likeness (QED) is 0.478. The van der Waals surface area contributed by atoms with Crippen LogP contribution in [0.5, 0.6) is 0 Å². The summed E-state index contributed by atoms with van der Waals surface area (Å²) in [5.74, 6) is 0.928. The van der Waals surface area contributed by atoms with Crippen molar-refractivity contribution < 1.29 is 4.74 Å². The Labute approximate surface area is 86.2 Å². The summed E-state index contributed by atoms with van der Waals surface area (Å²) in [6, 6.07) is 0. The van der Waals surface area contributed by atoms with E-state index in [0.717, 1.165) is 45.1 Å². The Hall–Kier alpha value is 0.230. The molecule has 1 saturated heterocycles. The van der Waals surface area contributed by atoms with E-state index in [1.807, 2.05) is 0 Å². The fraction of sp³-hybridized carbons (Fsp3) is 1.00. The molecule has 0 aromatic heterocycles. The average Bonchev–Trinajstić information content (AvgIpc) is 2.19. The average molecular weight is 204 g/mol. The second-order valence-corrected chi connectivity index (χ2v) is 3.73. The van der Waals surface area contributed by atoms with Crippen LogP contribution in [0, 0.1) is 0 Å². The smallest absolute Gasteiger partial charge is 0.0594 e. The van der Waals surface area contributed by atoms with Gasteiger partial charge in [-0.25, -0.2) is 0 Å². The van der Waals surface area contributed by atoms with Gasteiger partial charge in [0.05, 0.1) is 13.2 Å². The Kier molecular flexibility index (Phi) is 6.62. The minimum Gasteiger partial charge on any atom is -0.379 e. The van der Waals surface area contributed by atoms with Crippen LogP contribution in [0.2, 0.25) is 0 Å². The Morgan fingerprint density at radius 2 is 2.00 bits per heavy atom. The van der Waals surface area contributed by atoms with E-state index in [0.29, 0.717) is 0 Å². The summed E-state index contributed by atoms with van der Waals surface area (Å²) in [7, 11) is 0. The van der Waals surface area contributed by atoms with Crippen LogP contribution in [0.1, 0.15) is 6.42 Å². The molecule has 0 atom stereocenters. The zero-order chi connectivity index (χ0) is 9.36. The second-order valence-electron chi connectivity index (χ2n) is 3.28. The maximum atomic E-state index is 5.28. The van der Waals surface area contributed by atoms with Gasteiger partial charge in [0.2, 0.25) is 0 Å². The molecule has 1 aliphatic heterocycles. The molecule has 0 bridgehead atoms. The van der Waals surface area contributed by atoms with Gasteiger partial charge in [0.15, 0.2) is 0 Å². The van der Waals surface area contributed by atoms with Gasteiger partial charge in [-0.15, -0.1) is 0 Å². The molecular formula is C9H20N2OS. The first-order valence-electron chi connectivity index (χ1n) is 5.05. The van der Waals surface area contributed by atoms with Crippen LogP contribution < -0.4 is 5.32 Å². The van der Waals surface area contributed by atoms with Crippen LogP contribution in [-0.4, -0.2) is 56.6 Å². The first-order chi connectivity index (χ1) is 6.43. The molecule has 0 radical (unpaired) electrons. The summed E-state index contributed by atoms with van der Waals surface area (Å²) in [5, 5.41) is 3.34. The molecule has 1 rings (SSSR count). The lowest BCUT2D eigenvalue weighted by Gasteiger charge is -2.26. The predicted molar refractivity (Wildman–Crippen MR) is 58.6 cm³/mol. The third kappa shape index (κ3) is 5.52. The van der Waals surface area contributed by atoms with Crippen LogP contribution in [0.4, 0.5) is 0 Å². The van der Waals surface area contributed by atoms with Crippen molar-refractivity contribution in [1.82, 2.24) is 10.2 Å². The lowest BCUT2D eigenvalue weighted by atomic mass is 10.3. The summed E-state index contributed by atoms with van der Waals surface area (Å²) in [5.41, 5.74) is 0. The van der Waals surface area contributed by atoms with Crippen LogP contribution in [0.25, 0.3) is 0 Å². The molecule has 0 aliphatic carbocycles. The lowest BCUT2D eigenvalue weighted by molar-refractivity contribution is 0.0375. The van der Waals surface area contributed by atoms with E-state index in [4.69, 9.17) is 4.74 Å². The van der Waals surface area contributed by atoms with Gasteiger partial charge in [0.1, 0.15) is 0 Å². The van der Waals surface area contributed by atoms with Crippen LogP contribution in [0.15, 0.2) is 0 Å². The Balaban J connectivity index is 1.86. The standard InChI is InChI=1S/C9H20N2OS/c13-9-3-10-2-1-4-11-5-7-12-8-6-11/h10,13H,1-9H2. The zero-order valence-electron chi connectivity index (χ0n) is 8.17. The molecule has 1 fully saturated rings. The Bertz CT molecular complexity index is 118. The molecule has 13 heavy (non-hydrogen) atoms. The van der Waals surface area contributed by atoms with Gasteiger partial charge < -0.3 is 10.1 Å². The molecule has 1 heterocycles. The highest BCUT2D eigenvalue weighted by atomic mass is 32.1. The normalized spacial score (nSPS) is 19.2.